The van der Waals surface area contributed by atoms with E-state index in [4.69, 9.17) is 0 Å². The Morgan fingerprint density at radius 2 is 2.46 bits per heavy atom. The van der Waals surface area contributed by atoms with Crippen LogP contribution in [0.25, 0.3) is 0 Å². The molecule has 1 aliphatic rings. The molecule has 1 heterocycles. The highest BCUT2D eigenvalue weighted by Gasteiger charge is 2.39. The van der Waals surface area contributed by atoms with Gasteiger partial charge in [-0.15, -0.1) is 0 Å². The molecule has 0 aliphatic heterocycles. The molecule has 1 aromatic rings. The molecule has 0 spiro atoms. The van der Waals surface area contributed by atoms with Gasteiger partial charge >= 0.3 is 0 Å². The molecule has 0 radical (unpaired) electrons. The van der Waals surface area contributed by atoms with E-state index in [2.05, 4.69) is 18.2 Å². The lowest BCUT2D eigenvalue weighted by Gasteiger charge is -2.40. The topological polar surface area (TPSA) is 38.1 Å². The van der Waals surface area contributed by atoms with Gasteiger partial charge in [0.25, 0.3) is 0 Å². The predicted molar refractivity (Wildman–Crippen MR) is 50.4 cm³/mol. The van der Waals surface area contributed by atoms with Crippen LogP contribution in [0.2, 0.25) is 0 Å². The van der Waals surface area contributed by atoms with Gasteiger partial charge in [0.1, 0.15) is 0 Å². The van der Waals surface area contributed by atoms with Crippen molar-refractivity contribution in [2.24, 2.45) is 13.0 Å². The summed E-state index contributed by atoms with van der Waals surface area (Å²) in [6, 6.07) is 0. The zero-order valence-corrected chi connectivity index (χ0v) is 8.14. The fraction of sp³-hybridized carbons (Fsp3) is 0.700. The normalized spacial score (nSPS) is 33.0. The average molecular weight is 180 g/mol. The van der Waals surface area contributed by atoms with Crippen LogP contribution in [0, 0.1) is 5.92 Å². The molecular weight excluding hydrogens is 164 g/mol. The molecule has 3 atom stereocenters. The van der Waals surface area contributed by atoms with E-state index < -0.39 is 0 Å². The Labute approximate surface area is 78.4 Å². The van der Waals surface area contributed by atoms with Crippen LogP contribution in [0.1, 0.15) is 31.2 Å². The van der Waals surface area contributed by atoms with Crippen LogP contribution in [0.15, 0.2) is 12.4 Å². The Balaban J connectivity index is 2.11. The van der Waals surface area contributed by atoms with Crippen molar-refractivity contribution in [3.05, 3.63) is 18.0 Å². The van der Waals surface area contributed by atoms with Gasteiger partial charge in [0.15, 0.2) is 0 Å². The third-order valence-electron chi connectivity index (χ3n) is 3.13. The van der Waals surface area contributed by atoms with Crippen molar-refractivity contribution in [3.63, 3.8) is 0 Å². The maximum atomic E-state index is 9.52. The van der Waals surface area contributed by atoms with Crippen molar-refractivity contribution in [1.29, 1.82) is 0 Å². The van der Waals surface area contributed by atoms with Crippen LogP contribution in [-0.2, 0) is 7.05 Å². The average Bonchev–Trinajstić information content (AvgIpc) is 2.48. The number of aromatic nitrogens is 2. The smallest absolute Gasteiger partial charge is 0.0580 e. The summed E-state index contributed by atoms with van der Waals surface area (Å²) >= 11 is 0. The highest BCUT2D eigenvalue weighted by atomic mass is 16.3. The van der Waals surface area contributed by atoms with Crippen molar-refractivity contribution in [3.8, 4) is 0 Å². The number of nitrogens with zero attached hydrogens (tertiary/aromatic N) is 2. The van der Waals surface area contributed by atoms with Gasteiger partial charge < -0.3 is 5.11 Å². The summed E-state index contributed by atoms with van der Waals surface area (Å²) in [5, 5.41) is 13.7. The summed E-state index contributed by atoms with van der Waals surface area (Å²) in [7, 11) is 1.93. The highest BCUT2D eigenvalue weighted by molar-refractivity contribution is 5.18. The largest absolute Gasteiger partial charge is 0.393 e. The standard InChI is InChI=1S/C10H16N2O/c1-3-8-9(4-10(8)13)7-5-11-12(2)6-7/h5-6,8-10,13H,3-4H2,1-2H3. The summed E-state index contributed by atoms with van der Waals surface area (Å²) in [5.74, 6) is 0.984. The van der Waals surface area contributed by atoms with Gasteiger partial charge in [0, 0.05) is 13.2 Å². The first-order valence-corrected chi connectivity index (χ1v) is 4.89. The first-order valence-electron chi connectivity index (χ1n) is 4.89. The molecule has 1 N–H and O–H groups in total. The molecule has 72 valence electrons. The fourth-order valence-electron chi connectivity index (χ4n) is 2.25. The molecule has 0 amide bonds. The van der Waals surface area contributed by atoms with E-state index in [0.29, 0.717) is 11.8 Å². The second-order valence-corrected chi connectivity index (χ2v) is 3.93. The van der Waals surface area contributed by atoms with Gasteiger partial charge in [-0.25, -0.2) is 0 Å². The minimum Gasteiger partial charge on any atom is -0.393 e. The van der Waals surface area contributed by atoms with Crippen molar-refractivity contribution in [1.82, 2.24) is 9.78 Å². The molecule has 2 rings (SSSR count). The van der Waals surface area contributed by atoms with E-state index in [1.54, 1.807) is 0 Å². The van der Waals surface area contributed by atoms with Crippen LogP contribution in [-0.4, -0.2) is 21.0 Å². The number of aliphatic hydroxyl groups is 1. The number of rotatable bonds is 2. The van der Waals surface area contributed by atoms with E-state index >= 15 is 0 Å². The van der Waals surface area contributed by atoms with Crippen LogP contribution in [0.3, 0.4) is 0 Å². The number of hydrogen-bond donors (Lipinski definition) is 1. The molecule has 1 aromatic heterocycles. The highest BCUT2D eigenvalue weighted by Crippen LogP contribution is 2.44. The number of aliphatic hydroxyl groups excluding tert-OH is 1. The zero-order valence-electron chi connectivity index (χ0n) is 8.14. The van der Waals surface area contributed by atoms with Gasteiger partial charge in [-0.05, 0) is 23.8 Å². The molecule has 1 fully saturated rings. The number of hydrogen-bond acceptors (Lipinski definition) is 2. The van der Waals surface area contributed by atoms with Crippen LogP contribution < -0.4 is 0 Å². The summed E-state index contributed by atoms with van der Waals surface area (Å²) in [4.78, 5) is 0. The minimum absolute atomic E-state index is 0.0878. The van der Waals surface area contributed by atoms with Crippen molar-refractivity contribution >= 4 is 0 Å². The summed E-state index contributed by atoms with van der Waals surface area (Å²) in [6.45, 7) is 2.14. The summed E-state index contributed by atoms with van der Waals surface area (Å²) < 4.78 is 1.83. The van der Waals surface area contributed by atoms with E-state index in [1.165, 1.54) is 5.56 Å². The van der Waals surface area contributed by atoms with Crippen LogP contribution in [0.4, 0.5) is 0 Å². The van der Waals surface area contributed by atoms with Crippen molar-refractivity contribution in [2.45, 2.75) is 31.8 Å². The van der Waals surface area contributed by atoms with Gasteiger partial charge in [0.05, 0.1) is 12.3 Å². The molecular formula is C10H16N2O. The monoisotopic (exact) mass is 180 g/mol. The molecule has 1 aliphatic carbocycles. The summed E-state index contributed by atoms with van der Waals surface area (Å²) in [5.41, 5.74) is 1.28. The molecule has 3 nitrogen and oxygen atoms in total. The molecule has 3 unspecified atom stereocenters. The predicted octanol–water partition coefficient (Wildman–Crippen LogP) is 1.29. The van der Waals surface area contributed by atoms with Crippen molar-refractivity contribution < 1.29 is 5.11 Å². The first kappa shape index (κ1) is 8.75. The SMILES string of the molecule is CCC1C(O)CC1c1cnn(C)c1. The fourth-order valence-corrected chi connectivity index (χ4v) is 2.25. The maximum Gasteiger partial charge on any atom is 0.0580 e. The minimum atomic E-state index is -0.0878. The second kappa shape index (κ2) is 3.14. The lowest BCUT2D eigenvalue weighted by atomic mass is 9.67. The van der Waals surface area contributed by atoms with Crippen LogP contribution >= 0.6 is 0 Å². The Kier molecular flexibility index (Phi) is 2.12. The first-order chi connectivity index (χ1) is 6.22. The molecule has 1 saturated carbocycles. The van der Waals surface area contributed by atoms with E-state index in [0.717, 1.165) is 12.8 Å². The number of aryl methyl sites for hydroxylation is 1. The molecule has 0 aromatic carbocycles. The Morgan fingerprint density at radius 3 is 2.92 bits per heavy atom. The van der Waals surface area contributed by atoms with Crippen LogP contribution in [0.5, 0.6) is 0 Å². The van der Waals surface area contributed by atoms with Gasteiger partial charge in [-0.1, -0.05) is 13.3 Å². The Morgan fingerprint density at radius 1 is 1.69 bits per heavy atom. The molecule has 0 saturated heterocycles. The summed E-state index contributed by atoms with van der Waals surface area (Å²) in [6.07, 6.45) is 5.85. The van der Waals surface area contributed by atoms with E-state index in [-0.39, 0.29) is 6.10 Å². The quantitative estimate of drug-likeness (QED) is 0.744. The third kappa shape index (κ3) is 1.37. The molecule has 13 heavy (non-hydrogen) atoms. The van der Waals surface area contributed by atoms with E-state index in [9.17, 15) is 5.11 Å². The Bertz CT molecular complexity index is 295. The second-order valence-electron chi connectivity index (χ2n) is 3.93. The maximum absolute atomic E-state index is 9.52. The van der Waals surface area contributed by atoms with Gasteiger partial charge in [-0.2, -0.15) is 5.10 Å². The molecule has 0 bridgehead atoms. The van der Waals surface area contributed by atoms with Gasteiger partial charge in [0.2, 0.25) is 0 Å². The third-order valence-corrected chi connectivity index (χ3v) is 3.13. The zero-order chi connectivity index (χ0) is 9.42. The van der Waals surface area contributed by atoms with Gasteiger partial charge in [-0.3, -0.25) is 4.68 Å². The lowest BCUT2D eigenvalue weighted by Crippen LogP contribution is -2.38. The lowest BCUT2D eigenvalue weighted by molar-refractivity contribution is -0.000746. The Hall–Kier alpha value is -0.830. The van der Waals surface area contributed by atoms with Crippen molar-refractivity contribution in [2.75, 3.05) is 0 Å². The molecule has 3 heteroatoms. The van der Waals surface area contributed by atoms with E-state index in [1.807, 2.05) is 17.9 Å².